The summed E-state index contributed by atoms with van der Waals surface area (Å²) < 4.78 is 12.7. The van der Waals surface area contributed by atoms with Crippen molar-refractivity contribution in [2.45, 2.75) is 98.8 Å². The average Bonchev–Trinajstić information content (AvgIpc) is 3.66. The molecule has 0 saturated heterocycles. The first-order valence-corrected chi connectivity index (χ1v) is 18.8. The monoisotopic (exact) mass is 778 g/mol. The normalized spacial score (nSPS) is 19.8. The molecule has 7 atom stereocenters. The fourth-order valence-corrected chi connectivity index (χ4v) is 7.08. The summed E-state index contributed by atoms with van der Waals surface area (Å²) in [6.45, 7) is 14.8. The molecule has 6 rings (SSSR count). The van der Waals surface area contributed by atoms with Crippen molar-refractivity contribution < 1.29 is 51.8 Å². The van der Waals surface area contributed by atoms with Crippen molar-refractivity contribution in [3.8, 4) is 0 Å². The van der Waals surface area contributed by atoms with Crippen LogP contribution in [0.15, 0.2) is 109 Å². The third-order valence-corrected chi connectivity index (χ3v) is 9.62. The van der Waals surface area contributed by atoms with Crippen LogP contribution >= 0.6 is 0 Å². The van der Waals surface area contributed by atoms with E-state index in [1.165, 1.54) is 11.1 Å². The van der Waals surface area contributed by atoms with E-state index in [4.69, 9.17) is 9.47 Å². The van der Waals surface area contributed by atoms with Crippen LogP contribution in [0.2, 0.25) is 0 Å². The molecule has 2 amide bonds. The standard InChI is InChI=1S/C41H45N2O4.2C2H6.Y/c1-27-22-32-18-10-12-20-34(32)37(27)42-40(44)36(46-25-30-14-6-4-7-15-30)24-29(3)39(47-26-31-16-8-5-9-17-31)41(45)43-38-28(2)23-33-19-11-13-21-35(33)38;2*1-2;/h4-21,24,27-29,36-39H,22-23,25-26H2,1-3H3,(H,42,44)(H,43,45);2*1-2H3;/q-1;;;. The van der Waals surface area contributed by atoms with Gasteiger partial charge in [-0.1, -0.05) is 158 Å². The minimum Gasteiger partial charge on any atom is -0.396 e. The molecule has 7 heteroatoms. The predicted molar refractivity (Wildman–Crippen MR) is 207 cm³/mol. The van der Waals surface area contributed by atoms with Crippen molar-refractivity contribution >= 4 is 11.8 Å². The van der Waals surface area contributed by atoms with Crippen LogP contribution in [0.1, 0.15) is 93.9 Å². The molecule has 6 nitrogen and oxygen atoms in total. The minimum absolute atomic E-state index is 0. The van der Waals surface area contributed by atoms with Crippen LogP contribution in [0, 0.1) is 24.2 Å². The summed E-state index contributed by atoms with van der Waals surface area (Å²) >= 11 is 0. The quantitative estimate of drug-likeness (QED) is 0.133. The van der Waals surface area contributed by atoms with Crippen LogP contribution < -0.4 is 10.6 Å². The summed E-state index contributed by atoms with van der Waals surface area (Å²) in [6, 6.07) is 36.0. The molecule has 275 valence electrons. The first-order chi connectivity index (χ1) is 24.9. The third-order valence-electron chi connectivity index (χ3n) is 9.62. The number of amides is 2. The van der Waals surface area contributed by atoms with Gasteiger partial charge in [0.15, 0.2) is 0 Å². The maximum atomic E-state index is 14.1. The molecule has 0 bridgehead atoms. The Hall–Kier alpha value is -3.16. The van der Waals surface area contributed by atoms with Gasteiger partial charge in [-0.25, -0.2) is 0 Å². The van der Waals surface area contributed by atoms with Gasteiger partial charge in [0.25, 0.3) is 0 Å². The number of benzene rings is 4. The molecule has 0 aromatic heterocycles. The van der Waals surface area contributed by atoms with E-state index < -0.39 is 18.1 Å². The molecule has 0 heterocycles. The Labute approximate surface area is 337 Å². The van der Waals surface area contributed by atoms with Crippen LogP contribution in [-0.4, -0.2) is 24.0 Å². The smallest absolute Gasteiger partial charge is 0.247 e. The summed E-state index contributed by atoms with van der Waals surface area (Å²) in [5, 5.41) is 6.60. The second-order valence-corrected chi connectivity index (χ2v) is 13.2. The number of carbonyl (C=O) groups is 2. The second-order valence-electron chi connectivity index (χ2n) is 13.2. The number of rotatable bonds is 13. The predicted octanol–water partition coefficient (Wildman–Crippen LogP) is 9.15. The van der Waals surface area contributed by atoms with Crippen LogP contribution in [-0.2, 0) is 77.8 Å². The Morgan fingerprint density at radius 1 is 0.635 bits per heavy atom. The first kappa shape index (κ1) is 43.2. The van der Waals surface area contributed by atoms with Crippen LogP contribution in [0.5, 0.6) is 0 Å². The van der Waals surface area contributed by atoms with Crippen LogP contribution in [0.25, 0.3) is 0 Å². The Balaban J connectivity index is 0.00000141. The molecule has 4 aromatic carbocycles. The zero-order chi connectivity index (χ0) is 36.8. The number of hydrogen-bond donors (Lipinski definition) is 2. The van der Waals surface area contributed by atoms with Gasteiger partial charge in [-0.3, -0.25) is 16.0 Å². The Bertz CT molecular complexity index is 1650. The van der Waals surface area contributed by atoms with Crippen molar-refractivity contribution in [1.82, 2.24) is 10.6 Å². The first-order valence-electron chi connectivity index (χ1n) is 18.8. The van der Waals surface area contributed by atoms with Gasteiger partial charge in [-0.05, 0) is 58.1 Å². The summed E-state index contributed by atoms with van der Waals surface area (Å²) in [7, 11) is 0. The topological polar surface area (TPSA) is 76.7 Å². The van der Waals surface area contributed by atoms with Crippen LogP contribution in [0.3, 0.4) is 0 Å². The van der Waals surface area contributed by atoms with Gasteiger partial charge in [0.2, 0.25) is 11.8 Å². The summed E-state index contributed by atoms with van der Waals surface area (Å²) in [5.41, 5.74) is 6.77. The van der Waals surface area contributed by atoms with Gasteiger partial charge in [-0.2, -0.15) is 0 Å². The van der Waals surface area contributed by atoms with Gasteiger partial charge in [0.1, 0.15) is 6.10 Å². The van der Waals surface area contributed by atoms with E-state index >= 15 is 0 Å². The fraction of sp³-hybridized carbons (Fsp3) is 0.400. The van der Waals surface area contributed by atoms with Crippen molar-refractivity contribution in [2.24, 2.45) is 17.8 Å². The summed E-state index contributed by atoms with van der Waals surface area (Å²) in [4.78, 5) is 28.1. The van der Waals surface area contributed by atoms with E-state index in [1.807, 2.05) is 126 Å². The summed E-state index contributed by atoms with van der Waals surface area (Å²) in [6.07, 6.45) is 1.93. The molecule has 2 N–H and O–H groups in total. The third kappa shape index (κ3) is 11.4. The second kappa shape index (κ2) is 22.2. The Morgan fingerprint density at radius 3 is 1.52 bits per heavy atom. The van der Waals surface area contributed by atoms with E-state index in [2.05, 4.69) is 48.7 Å². The number of fused-ring (bicyclic) bond motifs is 2. The number of nitrogens with one attached hydrogen (secondary N) is 2. The summed E-state index contributed by atoms with van der Waals surface area (Å²) in [5.74, 6) is -0.340. The molecular weight excluding hydrogens is 721 g/mol. The molecule has 52 heavy (non-hydrogen) atoms. The molecule has 1 radical (unpaired) electrons. The van der Waals surface area contributed by atoms with E-state index in [0.717, 1.165) is 35.1 Å². The minimum atomic E-state index is -0.896. The van der Waals surface area contributed by atoms with E-state index in [9.17, 15) is 9.59 Å². The SMILES string of the molecule is CC.CC.CC([CH-]C(OCc1ccccc1)C(=O)NC1c2ccccc2CC1C)C(OCc1ccccc1)C(=O)NC1c2ccccc2CC1C.[Y]. The average molecular weight is 779 g/mol. The van der Waals surface area contributed by atoms with Crippen molar-refractivity contribution in [3.63, 3.8) is 0 Å². The molecule has 0 fully saturated rings. The maximum Gasteiger partial charge on any atom is 0.247 e. The molecule has 7 unspecified atom stereocenters. The molecule has 2 aliphatic rings. The Kier molecular flexibility index (Phi) is 18.4. The Morgan fingerprint density at radius 2 is 1.04 bits per heavy atom. The maximum absolute atomic E-state index is 14.1. The molecule has 0 spiro atoms. The van der Waals surface area contributed by atoms with Gasteiger partial charge in [0, 0.05) is 38.8 Å². The van der Waals surface area contributed by atoms with E-state index in [1.54, 1.807) is 0 Å². The van der Waals surface area contributed by atoms with Gasteiger partial charge in [0.05, 0.1) is 25.3 Å². The molecule has 2 aliphatic carbocycles. The zero-order valence-corrected chi connectivity index (χ0v) is 34.9. The number of hydrogen-bond acceptors (Lipinski definition) is 4. The number of ether oxygens (including phenoxy) is 2. The van der Waals surface area contributed by atoms with Crippen LogP contribution in [0.4, 0.5) is 0 Å². The molecular formula is C45H57N2O4Y-. The van der Waals surface area contributed by atoms with Crippen molar-refractivity contribution in [2.75, 3.05) is 0 Å². The fourth-order valence-electron chi connectivity index (χ4n) is 7.08. The van der Waals surface area contributed by atoms with Gasteiger partial charge < -0.3 is 20.1 Å². The van der Waals surface area contributed by atoms with Gasteiger partial charge >= 0.3 is 0 Å². The molecule has 0 aliphatic heterocycles. The molecule has 0 saturated carbocycles. The van der Waals surface area contributed by atoms with Gasteiger partial charge in [-0.15, -0.1) is 5.92 Å². The molecule has 4 aromatic rings. The number of carbonyl (C=O) groups excluding carboxylic acids is 2. The van der Waals surface area contributed by atoms with E-state index in [-0.39, 0.29) is 81.7 Å². The van der Waals surface area contributed by atoms with E-state index in [0.29, 0.717) is 0 Å². The van der Waals surface area contributed by atoms with Crippen molar-refractivity contribution in [1.29, 1.82) is 0 Å². The zero-order valence-electron chi connectivity index (χ0n) is 32.0. The van der Waals surface area contributed by atoms with Crippen molar-refractivity contribution in [3.05, 3.63) is 149 Å². The largest absolute Gasteiger partial charge is 0.396 e.